The zero-order valence-electron chi connectivity index (χ0n) is 23.2. The Morgan fingerprint density at radius 2 is 0.750 bits per heavy atom. The van der Waals surface area contributed by atoms with Gasteiger partial charge in [0.15, 0.2) is 0 Å². The fourth-order valence-corrected chi connectivity index (χ4v) is 3.65. The first-order valence-corrected chi connectivity index (χ1v) is 14.3. The fraction of sp³-hybridized carbons (Fsp3) is 1.00. The van der Waals surface area contributed by atoms with Gasteiger partial charge in [-0.25, -0.2) is 0 Å². The lowest BCUT2D eigenvalue weighted by molar-refractivity contribution is 0.132. The third-order valence-electron chi connectivity index (χ3n) is 5.54. The SMILES string of the molecule is CC.CCCCCCCCCCC(O)CNCC(O)CCCCCCCCCC.CNC. The molecule has 0 aliphatic rings. The van der Waals surface area contributed by atoms with Crippen molar-refractivity contribution in [2.24, 2.45) is 0 Å². The van der Waals surface area contributed by atoms with E-state index in [-0.39, 0.29) is 12.2 Å². The maximum absolute atomic E-state index is 10.0. The lowest BCUT2D eigenvalue weighted by Crippen LogP contribution is -2.33. The van der Waals surface area contributed by atoms with Gasteiger partial charge in [-0.2, -0.15) is 0 Å². The first kappa shape index (κ1) is 36.4. The molecule has 4 N–H and O–H groups in total. The van der Waals surface area contributed by atoms with Crippen molar-refractivity contribution in [1.82, 2.24) is 10.6 Å². The smallest absolute Gasteiger partial charge is 0.0664 e. The van der Waals surface area contributed by atoms with E-state index in [0.717, 1.165) is 25.7 Å². The average Bonchev–Trinajstić information content (AvgIpc) is 2.79. The molecule has 0 amide bonds. The summed E-state index contributed by atoms with van der Waals surface area (Å²) in [6, 6.07) is 0. The van der Waals surface area contributed by atoms with Crippen LogP contribution in [0, 0.1) is 0 Å². The molecular weight excluding hydrogens is 396 g/mol. The Labute approximate surface area is 203 Å². The van der Waals surface area contributed by atoms with Crippen LogP contribution in [0.3, 0.4) is 0 Å². The molecule has 0 spiro atoms. The minimum Gasteiger partial charge on any atom is -0.392 e. The number of aliphatic hydroxyl groups excluding tert-OH is 2. The zero-order valence-corrected chi connectivity index (χ0v) is 23.2. The maximum atomic E-state index is 10.0. The van der Waals surface area contributed by atoms with E-state index in [1.54, 1.807) is 0 Å². The Morgan fingerprint density at radius 3 is 1.03 bits per heavy atom. The van der Waals surface area contributed by atoms with E-state index in [0.29, 0.717) is 13.1 Å². The lowest BCUT2D eigenvalue weighted by atomic mass is 10.1. The molecule has 2 atom stereocenters. The predicted molar refractivity (Wildman–Crippen MR) is 146 cm³/mol. The summed E-state index contributed by atoms with van der Waals surface area (Å²) in [5.74, 6) is 0. The third kappa shape index (κ3) is 37.2. The van der Waals surface area contributed by atoms with Crippen LogP contribution in [-0.2, 0) is 0 Å². The molecule has 0 rings (SSSR count). The summed E-state index contributed by atoms with van der Waals surface area (Å²) in [5, 5.41) is 26.0. The Balaban J connectivity index is -0.00000154. The van der Waals surface area contributed by atoms with Crippen LogP contribution in [-0.4, -0.2) is 49.6 Å². The molecular formula is C28H64N2O2. The molecule has 0 aliphatic carbocycles. The topological polar surface area (TPSA) is 64.5 Å². The molecule has 0 aromatic heterocycles. The standard InChI is InChI=1S/C24H51NO2.C2H7N.C2H6/c1-3-5-7-9-11-13-15-17-19-23(26)21-25-22-24(27)20-18-16-14-12-10-8-6-4-2;1-3-2;1-2/h23-27H,3-22H2,1-2H3;3H,1-2H3;1-2H3. The van der Waals surface area contributed by atoms with Gasteiger partial charge < -0.3 is 20.8 Å². The monoisotopic (exact) mass is 460 g/mol. The molecule has 32 heavy (non-hydrogen) atoms. The number of rotatable bonds is 22. The largest absolute Gasteiger partial charge is 0.392 e. The second-order valence-corrected chi connectivity index (χ2v) is 8.99. The Hall–Kier alpha value is -0.160. The van der Waals surface area contributed by atoms with Crippen molar-refractivity contribution in [1.29, 1.82) is 0 Å². The van der Waals surface area contributed by atoms with Crippen molar-refractivity contribution in [3.8, 4) is 0 Å². The summed E-state index contributed by atoms with van der Waals surface area (Å²) in [6.45, 7) is 9.74. The van der Waals surface area contributed by atoms with Crippen molar-refractivity contribution in [3.05, 3.63) is 0 Å². The maximum Gasteiger partial charge on any atom is 0.0664 e. The van der Waals surface area contributed by atoms with Crippen molar-refractivity contribution in [3.63, 3.8) is 0 Å². The summed E-state index contributed by atoms with van der Waals surface area (Å²) in [5.41, 5.74) is 0. The summed E-state index contributed by atoms with van der Waals surface area (Å²) in [6.07, 6.45) is 22.1. The highest BCUT2D eigenvalue weighted by molar-refractivity contribution is 4.64. The van der Waals surface area contributed by atoms with Gasteiger partial charge in [-0.15, -0.1) is 0 Å². The number of unbranched alkanes of at least 4 members (excludes halogenated alkanes) is 14. The van der Waals surface area contributed by atoms with Crippen LogP contribution in [0.15, 0.2) is 0 Å². The third-order valence-corrected chi connectivity index (χ3v) is 5.54. The quantitative estimate of drug-likeness (QED) is 0.129. The normalized spacial score (nSPS) is 12.4. The van der Waals surface area contributed by atoms with Gasteiger partial charge in [0.25, 0.3) is 0 Å². The highest BCUT2D eigenvalue weighted by Crippen LogP contribution is 2.11. The fourth-order valence-electron chi connectivity index (χ4n) is 3.65. The molecule has 0 fully saturated rings. The van der Waals surface area contributed by atoms with Gasteiger partial charge in [0.05, 0.1) is 12.2 Å². The Bertz CT molecular complexity index is 265. The summed E-state index contributed by atoms with van der Waals surface area (Å²) >= 11 is 0. The molecule has 2 unspecified atom stereocenters. The van der Waals surface area contributed by atoms with Crippen molar-refractivity contribution < 1.29 is 10.2 Å². The van der Waals surface area contributed by atoms with E-state index in [9.17, 15) is 10.2 Å². The highest BCUT2D eigenvalue weighted by Gasteiger charge is 2.07. The molecule has 4 nitrogen and oxygen atoms in total. The van der Waals surface area contributed by atoms with E-state index in [1.165, 1.54) is 89.9 Å². The van der Waals surface area contributed by atoms with Crippen LogP contribution < -0.4 is 10.6 Å². The first-order chi connectivity index (χ1) is 15.6. The van der Waals surface area contributed by atoms with Gasteiger partial charge in [0, 0.05) is 13.1 Å². The molecule has 0 saturated carbocycles. The average molecular weight is 461 g/mol. The molecule has 0 heterocycles. The van der Waals surface area contributed by atoms with E-state index >= 15 is 0 Å². The van der Waals surface area contributed by atoms with Crippen molar-refractivity contribution >= 4 is 0 Å². The summed E-state index contributed by atoms with van der Waals surface area (Å²) in [7, 11) is 3.75. The van der Waals surface area contributed by atoms with Crippen LogP contribution in [0.1, 0.15) is 143 Å². The number of hydrogen-bond acceptors (Lipinski definition) is 4. The van der Waals surface area contributed by atoms with E-state index < -0.39 is 0 Å². The van der Waals surface area contributed by atoms with Crippen molar-refractivity contribution in [2.45, 2.75) is 155 Å². The summed E-state index contributed by atoms with van der Waals surface area (Å²) < 4.78 is 0. The van der Waals surface area contributed by atoms with Crippen LogP contribution in [0.25, 0.3) is 0 Å². The molecule has 0 saturated heterocycles. The van der Waals surface area contributed by atoms with E-state index in [2.05, 4.69) is 24.5 Å². The number of nitrogens with one attached hydrogen (secondary N) is 2. The lowest BCUT2D eigenvalue weighted by Gasteiger charge is -2.15. The van der Waals surface area contributed by atoms with Gasteiger partial charge >= 0.3 is 0 Å². The van der Waals surface area contributed by atoms with E-state index in [4.69, 9.17) is 0 Å². The van der Waals surface area contributed by atoms with E-state index in [1.807, 2.05) is 27.9 Å². The van der Waals surface area contributed by atoms with Gasteiger partial charge in [-0.05, 0) is 26.9 Å². The predicted octanol–water partition coefficient (Wildman–Crippen LogP) is 7.22. The molecule has 0 bridgehead atoms. The van der Waals surface area contributed by atoms with Crippen LogP contribution in [0.5, 0.6) is 0 Å². The first-order valence-electron chi connectivity index (χ1n) is 14.3. The van der Waals surface area contributed by atoms with Crippen molar-refractivity contribution in [2.75, 3.05) is 27.2 Å². The minimum atomic E-state index is -0.264. The molecule has 4 heteroatoms. The molecule has 0 aromatic rings. The Kier molecular flexibility index (Phi) is 40.3. The van der Waals surface area contributed by atoms with Crippen LogP contribution >= 0.6 is 0 Å². The highest BCUT2D eigenvalue weighted by atomic mass is 16.3. The molecule has 0 aliphatic heterocycles. The summed E-state index contributed by atoms with van der Waals surface area (Å²) in [4.78, 5) is 0. The minimum absolute atomic E-state index is 0.264. The van der Waals surface area contributed by atoms with Gasteiger partial charge in [0.2, 0.25) is 0 Å². The zero-order chi connectivity index (χ0) is 24.7. The second kappa shape index (κ2) is 35.4. The molecule has 0 aromatic carbocycles. The Morgan fingerprint density at radius 1 is 0.500 bits per heavy atom. The van der Waals surface area contributed by atoms with Crippen LogP contribution in [0.4, 0.5) is 0 Å². The second-order valence-electron chi connectivity index (χ2n) is 8.99. The van der Waals surface area contributed by atoms with Gasteiger partial charge in [-0.3, -0.25) is 0 Å². The van der Waals surface area contributed by atoms with Crippen LogP contribution in [0.2, 0.25) is 0 Å². The number of hydrogen-bond donors (Lipinski definition) is 4. The molecule has 0 radical (unpaired) electrons. The molecule has 198 valence electrons. The number of aliphatic hydroxyl groups is 2. The van der Waals surface area contributed by atoms with Gasteiger partial charge in [-0.1, -0.05) is 130 Å². The van der Waals surface area contributed by atoms with Gasteiger partial charge in [0.1, 0.15) is 0 Å².